The van der Waals surface area contributed by atoms with Gasteiger partial charge >= 0.3 is 0 Å². The van der Waals surface area contributed by atoms with E-state index in [-0.39, 0.29) is 11.9 Å². The van der Waals surface area contributed by atoms with Gasteiger partial charge in [-0.05, 0) is 36.8 Å². The smallest absolute Gasteiger partial charge is 0.244 e. The molecule has 1 saturated heterocycles. The molecule has 4 rings (SSSR count). The lowest BCUT2D eigenvalue weighted by molar-refractivity contribution is 0.191. The second-order valence-electron chi connectivity index (χ2n) is 6.00. The fourth-order valence-corrected chi connectivity index (χ4v) is 2.70. The maximum Gasteiger partial charge on any atom is 0.244 e. The normalized spacial score (nSPS) is 19.2. The molecule has 3 heterocycles. The maximum absolute atomic E-state index is 13.1. The van der Waals surface area contributed by atoms with E-state index in [2.05, 4.69) is 32.3 Å². The summed E-state index contributed by atoms with van der Waals surface area (Å²) in [6, 6.07) is 9.53. The van der Waals surface area contributed by atoms with Gasteiger partial charge in [0.2, 0.25) is 11.7 Å². The molecule has 130 valence electrons. The maximum atomic E-state index is 13.1. The Balaban J connectivity index is 1.49. The van der Waals surface area contributed by atoms with Crippen LogP contribution < -0.4 is 5.32 Å². The van der Waals surface area contributed by atoms with Crippen LogP contribution >= 0.6 is 0 Å². The highest BCUT2D eigenvalue weighted by Gasteiger charge is 2.28. The Bertz CT molecular complexity index is 975. The van der Waals surface area contributed by atoms with Crippen molar-refractivity contribution >= 4 is 0 Å². The molecule has 0 radical (unpaired) electrons. The Kier molecular flexibility index (Phi) is 4.44. The monoisotopic (exact) mass is 350 g/mol. The molecule has 1 aromatic carbocycles. The topological polar surface area (TPSA) is 84.1 Å². The molecule has 6 nitrogen and oxygen atoms in total. The number of β-amino-alcohol motifs (C(OH)–C–C–N with tert-alkyl or cyclic N) is 1. The summed E-state index contributed by atoms with van der Waals surface area (Å²) in [4.78, 5) is 8.64. The van der Waals surface area contributed by atoms with Crippen LogP contribution in [0.3, 0.4) is 0 Å². The third-order valence-corrected chi connectivity index (χ3v) is 4.02. The number of nitrogens with one attached hydrogen (secondary N) is 1. The molecule has 2 aromatic heterocycles. The summed E-state index contributed by atoms with van der Waals surface area (Å²) in [5, 5.41) is 16.6. The van der Waals surface area contributed by atoms with Crippen molar-refractivity contribution in [1.29, 1.82) is 0 Å². The van der Waals surface area contributed by atoms with Gasteiger partial charge in [0, 0.05) is 23.9 Å². The molecule has 1 aliphatic heterocycles. The van der Waals surface area contributed by atoms with Gasteiger partial charge in [-0.25, -0.2) is 4.39 Å². The van der Waals surface area contributed by atoms with Crippen LogP contribution in [0.5, 0.6) is 0 Å². The molecule has 0 aliphatic carbocycles. The van der Waals surface area contributed by atoms with Crippen molar-refractivity contribution in [2.75, 3.05) is 6.54 Å². The molecule has 1 unspecified atom stereocenters. The summed E-state index contributed by atoms with van der Waals surface area (Å²) in [5.74, 6) is 6.34. The Morgan fingerprint density at radius 2 is 2.08 bits per heavy atom. The van der Waals surface area contributed by atoms with E-state index in [0.29, 0.717) is 41.5 Å². The number of rotatable bonds is 2. The largest absolute Gasteiger partial charge is 0.392 e. The van der Waals surface area contributed by atoms with Crippen molar-refractivity contribution in [3.05, 3.63) is 65.4 Å². The Labute approximate surface area is 149 Å². The summed E-state index contributed by atoms with van der Waals surface area (Å²) in [6.45, 7) is 0.513. The van der Waals surface area contributed by atoms with Gasteiger partial charge in [-0.3, -0.25) is 4.98 Å². The average Bonchev–Trinajstić information content (AvgIpc) is 3.29. The summed E-state index contributed by atoms with van der Waals surface area (Å²) >= 11 is 0. The zero-order chi connectivity index (χ0) is 17.9. The molecule has 0 bridgehead atoms. The highest BCUT2D eigenvalue weighted by molar-refractivity contribution is 5.51. The summed E-state index contributed by atoms with van der Waals surface area (Å²) in [7, 11) is 0. The Hall–Kier alpha value is -3.08. The molecule has 7 heteroatoms. The van der Waals surface area contributed by atoms with Gasteiger partial charge in [-0.2, -0.15) is 4.98 Å². The van der Waals surface area contributed by atoms with E-state index in [4.69, 9.17) is 4.52 Å². The molecule has 2 atom stereocenters. The van der Waals surface area contributed by atoms with Gasteiger partial charge in [0.05, 0.1) is 12.1 Å². The average molecular weight is 350 g/mol. The predicted molar refractivity (Wildman–Crippen MR) is 91.3 cm³/mol. The minimum Gasteiger partial charge on any atom is -0.392 e. The third-order valence-electron chi connectivity index (χ3n) is 4.02. The molecular weight excluding hydrogens is 335 g/mol. The minimum atomic E-state index is -0.399. The zero-order valence-corrected chi connectivity index (χ0v) is 13.7. The van der Waals surface area contributed by atoms with Gasteiger partial charge in [-0.15, -0.1) is 0 Å². The fraction of sp³-hybridized carbons (Fsp3) is 0.211. The van der Waals surface area contributed by atoms with E-state index < -0.39 is 6.10 Å². The first-order valence-corrected chi connectivity index (χ1v) is 8.16. The standard InChI is InChI=1S/C19H15FN4O2/c20-14-3-1-2-12(8-14)4-5-13-6-7-16(21-10-13)18-23-19(26-24-18)17-9-15(25)11-22-17/h1-3,6-8,10,15,17,22,25H,9,11H2/t15?,17-/m0/s1. The van der Waals surface area contributed by atoms with Gasteiger partial charge in [0.15, 0.2) is 0 Å². The molecular formula is C19H15FN4O2. The van der Waals surface area contributed by atoms with Crippen molar-refractivity contribution in [2.45, 2.75) is 18.6 Å². The van der Waals surface area contributed by atoms with Gasteiger partial charge < -0.3 is 14.9 Å². The number of hydrogen-bond acceptors (Lipinski definition) is 6. The minimum absolute atomic E-state index is 0.136. The lowest BCUT2D eigenvalue weighted by Gasteiger charge is -2.01. The fourth-order valence-electron chi connectivity index (χ4n) is 2.70. The summed E-state index contributed by atoms with van der Waals surface area (Å²) < 4.78 is 18.4. The molecule has 26 heavy (non-hydrogen) atoms. The van der Waals surface area contributed by atoms with Crippen molar-refractivity contribution in [2.24, 2.45) is 0 Å². The number of aliphatic hydroxyl groups is 1. The lowest BCUT2D eigenvalue weighted by atomic mass is 10.2. The van der Waals surface area contributed by atoms with Crippen LogP contribution in [-0.4, -0.2) is 32.9 Å². The number of aliphatic hydroxyl groups excluding tert-OH is 1. The molecule has 0 saturated carbocycles. The van der Waals surface area contributed by atoms with E-state index in [1.54, 1.807) is 30.5 Å². The first kappa shape index (κ1) is 16.4. The number of aromatic nitrogens is 3. The molecule has 0 spiro atoms. The Morgan fingerprint density at radius 3 is 2.81 bits per heavy atom. The molecule has 2 N–H and O–H groups in total. The van der Waals surface area contributed by atoms with Crippen molar-refractivity contribution < 1.29 is 14.0 Å². The summed E-state index contributed by atoms with van der Waals surface area (Å²) in [5.41, 5.74) is 1.86. The Morgan fingerprint density at radius 1 is 1.19 bits per heavy atom. The van der Waals surface area contributed by atoms with E-state index in [9.17, 15) is 9.50 Å². The number of benzene rings is 1. The van der Waals surface area contributed by atoms with Crippen LogP contribution in [0.15, 0.2) is 47.1 Å². The first-order valence-electron chi connectivity index (χ1n) is 8.16. The van der Waals surface area contributed by atoms with E-state index in [1.807, 2.05) is 0 Å². The quantitative estimate of drug-likeness (QED) is 0.689. The SMILES string of the molecule is OC1CN[C@H](c2nc(-c3ccc(C#Cc4cccc(F)c4)cn3)no2)C1. The second-order valence-corrected chi connectivity index (χ2v) is 6.00. The molecule has 1 aliphatic rings. The summed E-state index contributed by atoms with van der Waals surface area (Å²) in [6.07, 6.45) is 1.75. The van der Waals surface area contributed by atoms with Crippen LogP contribution in [0, 0.1) is 17.7 Å². The van der Waals surface area contributed by atoms with Gasteiger partial charge in [0.1, 0.15) is 11.5 Å². The van der Waals surface area contributed by atoms with Crippen LogP contribution in [0.2, 0.25) is 0 Å². The van der Waals surface area contributed by atoms with E-state index in [1.165, 1.54) is 12.1 Å². The van der Waals surface area contributed by atoms with Crippen molar-refractivity contribution in [1.82, 2.24) is 20.4 Å². The van der Waals surface area contributed by atoms with Crippen LogP contribution in [-0.2, 0) is 0 Å². The number of pyridine rings is 1. The highest BCUT2D eigenvalue weighted by atomic mass is 19.1. The second kappa shape index (κ2) is 7.04. The molecule has 3 aromatic rings. The van der Waals surface area contributed by atoms with E-state index >= 15 is 0 Å². The molecule has 1 fully saturated rings. The lowest BCUT2D eigenvalue weighted by Crippen LogP contribution is -2.15. The number of halogens is 1. The van der Waals surface area contributed by atoms with Crippen molar-refractivity contribution in [3.8, 4) is 23.4 Å². The van der Waals surface area contributed by atoms with E-state index in [0.717, 1.165) is 0 Å². The van der Waals surface area contributed by atoms with Crippen molar-refractivity contribution in [3.63, 3.8) is 0 Å². The number of hydrogen-bond donors (Lipinski definition) is 2. The third kappa shape index (κ3) is 3.61. The van der Waals surface area contributed by atoms with Crippen LogP contribution in [0.25, 0.3) is 11.5 Å². The van der Waals surface area contributed by atoms with Crippen LogP contribution in [0.1, 0.15) is 29.5 Å². The molecule has 0 amide bonds. The highest BCUT2D eigenvalue weighted by Crippen LogP contribution is 2.23. The van der Waals surface area contributed by atoms with Crippen LogP contribution in [0.4, 0.5) is 4.39 Å². The van der Waals surface area contributed by atoms with Gasteiger partial charge in [-0.1, -0.05) is 23.1 Å². The predicted octanol–water partition coefficient (Wildman–Crippen LogP) is 2.07. The first-order chi connectivity index (χ1) is 12.7. The number of nitrogens with zero attached hydrogens (tertiary/aromatic N) is 3. The zero-order valence-electron chi connectivity index (χ0n) is 13.7. The van der Waals surface area contributed by atoms with Gasteiger partial charge in [0.25, 0.3) is 0 Å².